The van der Waals surface area contributed by atoms with E-state index < -0.39 is 17.4 Å². The first-order valence-corrected chi connectivity index (χ1v) is 4.54. The van der Waals surface area contributed by atoms with Gasteiger partial charge in [-0.25, -0.2) is 0 Å². The molecule has 0 aliphatic heterocycles. The van der Waals surface area contributed by atoms with E-state index >= 15 is 0 Å². The van der Waals surface area contributed by atoms with E-state index in [1.54, 1.807) is 6.92 Å². The van der Waals surface area contributed by atoms with E-state index in [1.165, 1.54) is 0 Å². The van der Waals surface area contributed by atoms with E-state index in [2.05, 4.69) is 0 Å². The Labute approximate surface area is 82.4 Å². The summed E-state index contributed by atoms with van der Waals surface area (Å²) in [7, 11) is 0. The average Bonchev–Trinajstić information content (AvgIpc) is 2.11. The summed E-state index contributed by atoms with van der Waals surface area (Å²) in [4.78, 5) is 21.3. The Hall–Kier alpha value is -1.10. The molecule has 0 aliphatic carbocycles. The molecule has 0 amide bonds. The maximum absolute atomic E-state index is 11.0. The van der Waals surface area contributed by atoms with E-state index in [0.29, 0.717) is 6.42 Å². The van der Waals surface area contributed by atoms with Crippen LogP contribution in [0.1, 0.15) is 32.6 Å². The Bertz CT molecular complexity index is 213. The van der Waals surface area contributed by atoms with Gasteiger partial charge >= 0.3 is 11.9 Å². The third-order valence-corrected chi connectivity index (χ3v) is 2.54. The fourth-order valence-electron chi connectivity index (χ4n) is 1.40. The minimum Gasteiger partial charge on any atom is -0.481 e. The zero-order valence-electron chi connectivity index (χ0n) is 8.19. The van der Waals surface area contributed by atoms with Crippen LogP contribution in [-0.4, -0.2) is 33.9 Å². The third kappa shape index (κ3) is 3.33. The van der Waals surface area contributed by atoms with Crippen LogP contribution >= 0.6 is 0 Å². The first kappa shape index (κ1) is 12.9. The van der Waals surface area contributed by atoms with Crippen LogP contribution in [0.3, 0.4) is 0 Å². The molecule has 0 saturated heterocycles. The number of carboxylic acids is 2. The highest BCUT2D eigenvalue weighted by Crippen LogP contribution is 2.32. The molecule has 5 nitrogen and oxygen atoms in total. The molecule has 0 aromatic carbocycles. The summed E-state index contributed by atoms with van der Waals surface area (Å²) >= 11 is 0. The zero-order valence-corrected chi connectivity index (χ0v) is 8.19. The molecule has 0 heterocycles. The molecule has 0 aromatic rings. The van der Waals surface area contributed by atoms with Gasteiger partial charge in [-0.2, -0.15) is 0 Å². The Morgan fingerprint density at radius 1 is 1.21 bits per heavy atom. The molecule has 1 atom stereocenters. The first-order valence-electron chi connectivity index (χ1n) is 4.54. The number of carbonyl (C=O) groups is 2. The molecule has 0 aromatic heterocycles. The molecular formula is C9H16O5. The second-order valence-electron chi connectivity index (χ2n) is 3.31. The van der Waals surface area contributed by atoms with Crippen molar-refractivity contribution in [2.45, 2.75) is 32.6 Å². The number of hydrogen-bond acceptors (Lipinski definition) is 3. The Kier molecular flexibility index (Phi) is 5.15. The van der Waals surface area contributed by atoms with Crippen molar-refractivity contribution in [1.82, 2.24) is 0 Å². The van der Waals surface area contributed by atoms with E-state index in [1.807, 2.05) is 0 Å². The second-order valence-corrected chi connectivity index (χ2v) is 3.31. The van der Waals surface area contributed by atoms with Gasteiger partial charge in [0.2, 0.25) is 0 Å². The fourth-order valence-corrected chi connectivity index (χ4v) is 1.40. The van der Waals surface area contributed by atoms with E-state index in [-0.39, 0.29) is 25.9 Å². The average molecular weight is 204 g/mol. The first-order chi connectivity index (χ1) is 6.48. The van der Waals surface area contributed by atoms with Crippen molar-refractivity contribution in [2.75, 3.05) is 6.61 Å². The van der Waals surface area contributed by atoms with Gasteiger partial charge in [0.05, 0.1) is 5.41 Å². The summed E-state index contributed by atoms with van der Waals surface area (Å²) < 4.78 is 0. The molecule has 0 aliphatic rings. The molecule has 0 saturated carbocycles. The van der Waals surface area contributed by atoms with Crippen LogP contribution in [-0.2, 0) is 9.59 Å². The van der Waals surface area contributed by atoms with Crippen LogP contribution in [0.5, 0.6) is 0 Å². The third-order valence-electron chi connectivity index (χ3n) is 2.54. The highest BCUT2D eigenvalue weighted by atomic mass is 16.4. The molecule has 3 N–H and O–H groups in total. The van der Waals surface area contributed by atoms with Crippen molar-refractivity contribution < 1.29 is 24.9 Å². The Morgan fingerprint density at radius 2 is 1.79 bits per heavy atom. The SMILES string of the molecule is CCC(CCO)(CCC(=O)O)C(=O)O. The summed E-state index contributed by atoms with van der Waals surface area (Å²) in [5.41, 5.74) is -1.09. The normalized spacial score (nSPS) is 14.7. The maximum Gasteiger partial charge on any atom is 0.309 e. The molecule has 0 radical (unpaired) electrons. The lowest BCUT2D eigenvalue weighted by molar-refractivity contribution is -0.151. The Balaban J connectivity index is 4.49. The van der Waals surface area contributed by atoms with Gasteiger partial charge in [0.25, 0.3) is 0 Å². The number of hydrogen-bond donors (Lipinski definition) is 3. The molecular weight excluding hydrogens is 188 g/mol. The summed E-state index contributed by atoms with van der Waals surface area (Å²) in [6.45, 7) is 1.45. The Morgan fingerprint density at radius 3 is 2.07 bits per heavy atom. The van der Waals surface area contributed by atoms with Gasteiger partial charge in [-0.15, -0.1) is 0 Å². The lowest BCUT2D eigenvalue weighted by Gasteiger charge is -2.26. The van der Waals surface area contributed by atoms with Gasteiger partial charge in [-0.1, -0.05) is 6.92 Å². The number of aliphatic hydroxyl groups is 1. The molecule has 1 unspecified atom stereocenters. The van der Waals surface area contributed by atoms with Crippen LogP contribution in [0.15, 0.2) is 0 Å². The maximum atomic E-state index is 11.0. The second kappa shape index (κ2) is 5.59. The van der Waals surface area contributed by atoms with Gasteiger partial charge in [0, 0.05) is 13.0 Å². The van der Waals surface area contributed by atoms with Gasteiger partial charge in [-0.3, -0.25) is 9.59 Å². The van der Waals surface area contributed by atoms with Gasteiger partial charge in [-0.05, 0) is 19.3 Å². The van der Waals surface area contributed by atoms with Gasteiger partial charge in [0.15, 0.2) is 0 Å². The standard InChI is InChI=1S/C9H16O5/c1-2-9(5-6-10,8(13)14)4-3-7(11)12/h10H,2-6H2,1H3,(H,11,12)(H,13,14). The van der Waals surface area contributed by atoms with E-state index in [4.69, 9.17) is 15.3 Å². The number of aliphatic hydroxyl groups excluding tert-OH is 1. The van der Waals surface area contributed by atoms with Crippen LogP contribution < -0.4 is 0 Å². The van der Waals surface area contributed by atoms with Crippen molar-refractivity contribution in [1.29, 1.82) is 0 Å². The summed E-state index contributed by atoms with van der Waals surface area (Å²) in [5.74, 6) is -2.04. The molecule has 5 heteroatoms. The van der Waals surface area contributed by atoms with Crippen LogP contribution in [0.4, 0.5) is 0 Å². The van der Waals surface area contributed by atoms with Crippen molar-refractivity contribution in [3.63, 3.8) is 0 Å². The molecule has 82 valence electrons. The van der Waals surface area contributed by atoms with Crippen LogP contribution in [0.2, 0.25) is 0 Å². The van der Waals surface area contributed by atoms with Gasteiger partial charge in [0.1, 0.15) is 0 Å². The summed E-state index contributed by atoms with van der Waals surface area (Å²) in [6.07, 6.45) is 0.317. The van der Waals surface area contributed by atoms with Gasteiger partial charge < -0.3 is 15.3 Å². The van der Waals surface area contributed by atoms with Crippen LogP contribution in [0, 0.1) is 5.41 Å². The smallest absolute Gasteiger partial charge is 0.309 e. The highest BCUT2D eigenvalue weighted by molar-refractivity contribution is 5.76. The lowest BCUT2D eigenvalue weighted by atomic mass is 9.78. The topological polar surface area (TPSA) is 94.8 Å². The predicted octanol–water partition coefficient (Wildman–Crippen LogP) is 0.715. The summed E-state index contributed by atoms with van der Waals surface area (Å²) in [5, 5.41) is 26.2. The molecule has 0 fully saturated rings. The lowest BCUT2D eigenvalue weighted by Crippen LogP contribution is -2.32. The highest BCUT2D eigenvalue weighted by Gasteiger charge is 2.36. The van der Waals surface area contributed by atoms with Crippen molar-refractivity contribution in [3.8, 4) is 0 Å². The summed E-state index contributed by atoms with van der Waals surface area (Å²) in [6, 6.07) is 0. The monoisotopic (exact) mass is 204 g/mol. The van der Waals surface area contributed by atoms with Crippen molar-refractivity contribution >= 4 is 11.9 Å². The molecule has 0 spiro atoms. The van der Waals surface area contributed by atoms with Crippen molar-refractivity contribution in [3.05, 3.63) is 0 Å². The minimum atomic E-state index is -1.09. The molecule has 0 rings (SSSR count). The number of carboxylic acid groups (broad SMARTS) is 2. The quantitative estimate of drug-likeness (QED) is 0.567. The number of rotatable bonds is 7. The van der Waals surface area contributed by atoms with E-state index in [9.17, 15) is 9.59 Å². The molecule has 14 heavy (non-hydrogen) atoms. The van der Waals surface area contributed by atoms with E-state index in [0.717, 1.165) is 0 Å². The fraction of sp³-hybridized carbons (Fsp3) is 0.778. The minimum absolute atomic E-state index is 0.0642. The zero-order chi connectivity index (χ0) is 11.2. The predicted molar refractivity (Wildman–Crippen MR) is 48.9 cm³/mol. The largest absolute Gasteiger partial charge is 0.481 e. The number of aliphatic carboxylic acids is 2. The van der Waals surface area contributed by atoms with Crippen molar-refractivity contribution in [2.24, 2.45) is 5.41 Å². The molecule has 0 bridgehead atoms. The van der Waals surface area contributed by atoms with Crippen LogP contribution in [0.25, 0.3) is 0 Å².